The molecule has 130 valence electrons. The third kappa shape index (κ3) is 2.71. The molecular weight excluding hydrogens is 386 g/mol. The van der Waals surface area contributed by atoms with Crippen LogP contribution in [0.25, 0.3) is 27.8 Å². The van der Waals surface area contributed by atoms with E-state index in [1.54, 1.807) is 6.07 Å². The first-order valence-electron chi connectivity index (χ1n) is 7.39. The maximum absolute atomic E-state index is 14.3. The lowest BCUT2D eigenvalue weighted by atomic mass is 10.1. The third-order valence-electron chi connectivity index (χ3n) is 3.86. The van der Waals surface area contributed by atoms with Crippen molar-refractivity contribution in [3.8, 4) is 16.9 Å². The van der Waals surface area contributed by atoms with Crippen LogP contribution in [0.1, 0.15) is 0 Å². The first kappa shape index (κ1) is 16.9. The van der Waals surface area contributed by atoms with E-state index in [9.17, 15) is 13.2 Å². The summed E-state index contributed by atoms with van der Waals surface area (Å²) in [6.45, 7) is 0. The highest BCUT2D eigenvalue weighted by atomic mass is 35.5. The van der Waals surface area contributed by atoms with Gasteiger partial charge in [0.15, 0.2) is 16.8 Å². The number of para-hydroxylation sites is 1. The number of halogens is 5. The number of benzene rings is 2. The molecule has 8 heteroatoms. The molecule has 26 heavy (non-hydrogen) atoms. The summed E-state index contributed by atoms with van der Waals surface area (Å²) in [5.41, 5.74) is 0.776. The Labute approximate surface area is 155 Å². The molecule has 0 unspecified atom stereocenters. The predicted octanol–water partition coefficient (Wildman–Crippen LogP) is 5.81. The van der Waals surface area contributed by atoms with Crippen molar-refractivity contribution >= 4 is 34.1 Å². The standard InChI is InChI=1S/C18H8Cl2F3N3/c19-17-15(10-5-9-3-1-2-4-14(9)24-8-10)26(18(20)25-17)16-12(22)6-11(21)7-13(16)23/h1-8H. The van der Waals surface area contributed by atoms with Gasteiger partial charge < -0.3 is 0 Å². The second-order valence-corrected chi connectivity index (χ2v) is 6.19. The van der Waals surface area contributed by atoms with Gasteiger partial charge in [-0.2, -0.15) is 0 Å². The van der Waals surface area contributed by atoms with Crippen LogP contribution >= 0.6 is 23.2 Å². The highest BCUT2D eigenvalue weighted by Gasteiger charge is 2.24. The van der Waals surface area contributed by atoms with Gasteiger partial charge in [-0.3, -0.25) is 9.55 Å². The topological polar surface area (TPSA) is 30.7 Å². The van der Waals surface area contributed by atoms with Crippen LogP contribution in [0.2, 0.25) is 10.4 Å². The lowest BCUT2D eigenvalue weighted by Gasteiger charge is -2.12. The molecule has 0 fully saturated rings. The van der Waals surface area contributed by atoms with Gasteiger partial charge in [-0.25, -0.2) is 18.2 Å². The van der Waals surface area contributed by atoms with E-state index in [4.69, 9.17) is 23.2 Å². The molecule has 0 N–H and O–H groups in total. The van der Waals surface area contributed by atoms with Crippen LogP contribution in [0.3, 0.4) is 0 Å². The maximum atomic E-state index is 14.3. The second-order valence-electron chi connectivity index (χ2n) is 5.49. The lowest BCUT2D eigenvalue weighted by molar-refractivity contribution is 0.534. The van der Waals surface area contributed by atoms with Crippen LogP contribution < -0.4 is 0 Å². The quantitative estimate of drug-likeness (QED) is 0.430. The highest BCUT2D eigenvalue weighted by Crippen LogP contribution is 2.36. The molecule has 0 aliphatic rings. The van der Waals surface area contributed by atoms with Gasteiger partial charge in [-0.15, -0.1) is 0 Å². The van der Waals surface area contributed by atoms with Gasteiger partial charge in [0.2, 0.25) is 5.28 Å². The average Bonchev–Trinajstić information content (AvgIpc) is 2.88. The van der Waals surface area contributed by atoms with Crippen molar-refractivity contribution < 1.29 is 13.2 Å². The fraction of sp³-hybridized carbons (Fsp3) is 0. The monoisotopic (exact) mass is 393 g/mol. The van der Waals surface area contributed by atoms with Gasteiger partial charge in [-0.05, 0) is 23.7 Å². The molecule has 0 amide bonds. The first-order chi connectivity index (χ1) is 12.5. The molecule has 0 aliphatic carbocycles. The minimum Gasteiger partial charge on any atom is -0.276 e. The summed E-state index contributed by atoms with van der Waals surface area (Å²) in [5, 5.41) is 0.475. The van der Waals surface area contributed by atoms with Crippen molar-refractivity contribution in [1.29, 1.82) is 0 Å². The summed E-state index contributed by atoms with van der Waals surface area (Å²) < 4.78 is 42.8. The van der Waals surface area contributed by atoms with Gasteiger partial charge in [0.25, 0.3) is 0 Å². The Hall–Kier alpha value is -2.57. The van der Waals surface area contributed by atoms with Gasteiger partial charge >= 0.3 is 0 Å². The number of hydrogen-bond donors (Lipinski definition) is 0. The molecule has 0 bridgehead atoms. The second kappa shape index (κ2) is 6.30. The summed E-state index contributed by atoms with van der Waals surface area (Å²) in [6, 6.07) is 10.2. The number of imidazole rings is 1. The van der Waals surface area contributed by atoms with Gasteiger partial charge in [0.1, 0.15) is 11.5 Å². The van der Waals surface area contributed by atoms with E-state index < -0.39 is 23.1 Å². The van der Waals surface area contributed by atoms with Crippen LogP contribution in [-0.4, -0.2) is 14.5 Å². The molecular formula is C18H8Cl2F3N3. The van der Waals surface area contributed by atoms with Crippen molar-refractivity contribution in [1.82, 2.24) is 14.5 Å². The van der Waals surface area contributed by atoms with Crippen molar-refractivity contribution in [2.75, 3.05) is 0 Å². The Morgan fingerprint density at radius 2 is 1.62 bits per heavy atom. The fourth-order valence-corrected chi connectivity index (χ4v) is 3.34. The minimum absolute atomic E-state index is 0.0600. The molecule has 2 aromatic heterocycles. The molecule has 4 aromatic rings. The van der Waals surface area contributed by atoms with Crippen LogP contribution in [0.5, 0.6) is 0 Å². The zero-order chi connectivity index (χ0) is 18.4. The van der Waals surface area contributed by atoms with Gasteiger partial charge in [-0.1, -0.05) is 29.8 Å². The number of hydrogen-bond acceptors (Lipinski definition) is 2. The maximum Gasteiger partial charge on any atom is 0.209 e. The summed E-state index contributed by atoms with van der Waals surface area (Å²) in [5.74, 6) is -3.30. The van der Waals surface area contributed by atoms with E-state index in [2.05, 4.69) is 9.97 Å². The molecule has 2 heterocycles. The van der Waals surface area contributed by atoms with Crippen molar-refractivity contribution in [2.45, 2.75) is 0 Å². The van der Waals surface area contributed by atoms with Gasteiger partial charge in [0.05, 0.1) is 11.2 Å². The molecule has 0 saturated carbocycles. The first-order valence-corrected chi connectivity index (χ1v) is 8.15. The molecule has 0 saturated heterocycles. The average molecular weight is 394 g/mol. The molecule has 0 atom stereocenters. The molecule has 4 rings (SSSR count). The molecule has 0 spiro atoms. The molecule has 3 nitrogen and oxygen atoms in total. The van der Waals surface area contributed by atoms with Crippen molar-refractivity contribution in [3.05, 3.63) is 76.5 Å². The third-order valence-corrected chi connectivity index (χ3v) is 4.38. The Morgan fingerprint density at radius 3 is 2.35 bits per heavy atom. The van der Waals surface area contributed by atoms with Crippen molar-refractivity contribution in [3.63, 3.8) is 0 Å². The summed E-state index contributed by atoms with van der Waals surface area (Å²) >= 11 is 12.2. The Balaban J connectivity index is 2.01. The van der Waals surface area contributed by atoms with E-state index in [1.165, 1.54) is 6.20 Å². The molecule has 0 radical (unpaired) electrons. The smallest absolute Gasteiger partial charge is 0.209 e. The Bertz CT molecular complexity index is 1130. The Kier molecular flexibility index (Phi) is 4.09. The fourth-order valence-electron chi connectivity index (χ4n) is 2.77. The normalized spacial score (nSPS) is 11.3. The SMILES string of the molecule is Fc1cc(F)c(-n2c(Cl)nc(Cl)c2-c2cnc3ccccc3c2)c(F)c1. The molecule has 2 aromatic carbocycles. The number of nitrogens with zero attached hydrogens (tertiary/aromatic N) is 3. The number of aromatic nitrogens is 3. The summed E-state index contributed by atoms with van der Waals surface area (Å²) in [6.07, 6.45) is 1.50. The summed E-state index contributed by atoms with van der Waals surface area (Å²) in [7, 11) is 0. The van der Waals surface area contributed by atoms with Crippen LogP contribution in [-0.2, 0) is 0 Å². The predicted molar refractivity (Wildman–Crippen MR) is 94.2 cm³/mol. The minimum atomic E-state index is -1.13. The van der Waals surface area contributed by atoms with E-state index in [-0.39, 0.29) is 16.1 Å². The number of rotatable bonds is 2. The largest absolute Gasteiger partial charge is 0.276 e. The Morgan fingerprint density at radius 1 is 0.923 bits per heavy atom. The van der Waals surface area contributed by atoms with E-state index in [0.717, 1.165) is 15.5 Å². The van der Waals surface area contributed by atoms with E-state index >= 15 is 0 Å². The van der Waals surface area contributed by atoms with Crippen LogP contribution in [0.4, 0.5) is 13.2 Å². The zero-order valence-electron chi connectivity index (χ0n) is 12.9. The zero-order valence-corrected chi connectivity index (χ0v) is 14.4. The van der Waals surface area contributed by atoms with E-state index in [1.807, 2.05) is 24.3 Å². The lowest BCUT2D eigenvalue weighted by Crippen LogP contribution is -2.05. The van der Waals surface area contributed by atoms with Crippen molar-refractivity contribution in [2.24, 2.45) is 0 Å². The van der Waals surface area contributed by atoms with Crippen LogP contribution in [0, 0.1) is 17.5 Å². The van der Waals surface area contributed by atoms with E-state index in [0.29, 0.717) is 17.7 Å². The highest BCUT2D eigenvalue weighted by molar-refractivity contribution is 6.34. The summed E-state index contributed by atoms with van der Waals surface area (Å²) in [4.78, 5) is 8.20. The molecule has 0 aliphatic heterocycles. The van der Waals surface area contributed by atoms with Gasteiger partial charge in [0, 0.05) is 29.3 Å². The number of fused-ring (bicyclic) bond motifs is 1. The van der Waals surface area contributed by atoms with Crippen LogP contribution in [0.15, 0.2) is 48.7 Å². The number of pyridine rings is 1.